The van der Waals surface area contributed by atoms with Gasteiger partial charge in [0.1, 0.15) is 0 Å². The lowest BCUT2D eigenvalue weighted by Gasteiger charge is -2.16. The third-order valence-electron chi connectivity index (χ3n) is 3.61. The maximum atomic E-state index is 12.4. The Hall–Kier alpha value is -2.29. The molecule has 0 aliphatic heterocycles. The van der Waals surface area contributed by atoms with Crippen LogP contribution in [-0.2, 0) is 6.42 Å². The summed E-state index contributed by atoms with van der Waals surface area (Å²) in [6.45, 7) is 4.13. The monoisotopic (exact) mass is 282 g/mol. The minimum atomic E-state index is -0.0407. The number of anilines is 1. The predicted molar refractivity (Wildman–Crippen MR) is 87.8 cm³/mol. The summed E-state index contributed by atoms with van der Waals surface area (Å²) in [4.78, 5) is 12.4. The quantitative estimate of drug-likeness (QED) is 0.882. The first-order chi connectivity index (χ1) is 10.1. The molecule has 0 aliphatic rings. The SMILES string of the molecule is CNc1ccccc1C(=O)NC(C)Cc1ccccc1C. The second-order valence-corrected chi connectivity index (χ2v) is 5.30. The molecule has 0 bridgehead atoms. The molecule has 110 valence electrons. The summed E-state index contributed by atoms with van der Waals surface area (Å²) in [7, 11) is 1.82. The minimum Gasteiger partial charge on any atom is -0.387 e. The van der Waals surface area contributed by atoms with Gasteiger partial charge in [0.15, 0.2) is 0 Å². The first-order valence-corrected chi connectivity index (χ1v) is 7.24. The average Bonchev–Trinajstić information content (AvgIpc) is 2.49. The molecule has 2 rings (SSSR count). The van der Waals surface area contributed by atoms with Gasteiger partial charge in [0, 0.05) is 18.8 Å². The van der Waals surface area contributed by atoms with Gasteiger partial charge in [-0.05, 0) is 43.5 Å². The largest absolute Gasteiger partial charge is 0.387 e. The van der Waals surface area contributed by atoms with E-state index in [1.807, 2.05) is 50.4 Å². The van der Waals surface area contributed by atoms with Crippen molar-refractivity contribution >= 4 is 11.6 Å². The van der Waals surface area contributed by atoms with E-state index in [0.29, 0.717) is 5.56 Å². The zero-order valence-corrected chi connectivity index (χ0v) is 12.8. The van der Waals surface area contributed by atoms with Crippen molar-refractivity contribution in [2.75, 3.05) is 12.4 Å². The Balaban J connectivity index is 2.04. The van der Waals surface area contributed by atoms with Crippen LogP contribution in [0.1, 0.15) is 28.4 Å². The van der Waals surface area contributed by atoms with Crippen LogP contribution in [0, 0.1) is 6.92 Å². The fourth-order valence-corrected chi connectivity index (χ4v) is 2.42. The summed E-state index contributed by atoms with van der Waals surface area (Å²) >= 11 is 0. The molecule has 1 atom stereocenters. The summed E-state index contributed by atoms with van der Waals surface area (Å²) in [6.07, 6.45) is 0.833. The molecule has 3 nitrogen and oxygen atoms in total. The molecule has 0 saturated carbocycles. The lowest BCUT2D eigenvalue weighted by Crippen LogP contribution is -2.34. The number of hydrogen-bond donors (Lipinski definition) is 2. The highest BCUT2D eigenvalue weighted by Gasteiger charge is 2.13. The summed E-state index contributed by atoms with van der Waals surface area (Å²) in [5.74, 6) is -0.0407. The van der Waals surface area contributed by atoms with Gasteiger partial charge in [-0.2, -0.15) is 0 Å². The fraction of sp³-hybridized carbons (Fsp3) is 0.278. The molecule has 0 fully saturated rings. The van der Waals surface area contributed by atoms with Gasteiger partial charge < -0.3 is 10.6 Å². The first-order valence-electron chi connectivity index (χ1n) is 7.24. The zero-order chi connectivity index (χ0) is 15.2. The molecule has 0 heterocycles. The highest BCUT2D eigenvalue weighted by Crippen LogP contribution is 2.15. The Kier molecular flexibility index (Phi) is 4.99. The normalized spacial score (nSPS) is 11.8. The number of rotatable bonds is 5. The first kappa shape index (κ1) is 15.1. The lowest BCUT2D eigenvalue weighted by atomic mass is 10.0. The molecule has 0 saturated heterocycles. The zero-order valence-electron chi connectivity index (χ0n) is 12.8. The number of aryl methyl sites for hydroxylation is 1. The van der Waals surface area contributed by atoms with Crippen LogP contribution in [-0.4, -0.2) is 19.0 Å². The van der Waals surface area contributed by atoms with Gasteiger partial charge in [-0.1, -0.05) is 36.4 Å². The van der Waals surface area contributed by atoms with Crippen molar-refractivity contribution in [3.63, 3.8) is 0 Å². The predicted octanol–water partition coefficient (Wildman–Crippen LogP) is 3.40. The molecular weight excluding hydrogens is 260 g/mol. The minimum absolute atomic E-state index is 0.0407. The highest BCUT2D eigenvalue weighted by atomic mass is 16.1. The number of benzene rings is 2. The average molecular weight is 282 g/mol. The molecule has 21 heavy (non-hydrogen) atoms. The molecular formula is C18H22N2O. The van der Waals surface area contributed by atoms with Crippen molar-refractivity contribution in [2.45, 2.75) is 26.3 Å². The number of para-hydroxylation sites is 1. The van der Waals surface area contributed by atoms with Crippen LogP contribution in [0.4, 0.5) is 5.69 Å². The molecule has 1 unspecified atom stereocenters. The van der Waals surface area contributed by atoms with E-state index in [1.165, 1.54) is 11.1 Å². The molecule has 1 amide bonds. The van der Waals surface area contributed by atoms with E-state index < -0.39 is 0 Å². The molecule has 3 heteroatoms. The van der Waals surface area contributed by atoms with Crippen molar-refractivity contribution in [1.29, 1.82) is 0 Å². The van der Waals surface area contributed by atoms with Crippen molar-refractivity contribution in [1.82, 2.24) is 5.32 Å². The summed E-state index contributed by atoms with van der Waals surface area (Å²) < 4.78 is 0. The molecule has 0 aromatic heterocycles. The van der Waals surface area contributed by atoms with Crippen LogP contribution in [0.5, 0.6) is 0 Å². The second-order valence-electron chi connectivity index (χ2n) is 5.30. The van der Waals surface area contributed by atoms with E-state index >= 15 is 0 Å². The van der Waals surface area contributed by atoms with Crippen molar-refractivity contribution in [3.8, 4) is 0 Å². The number of nitrogens with one attached hydrogen (secondary N) is 2. The van der Waals surface area contributed by atoms with Crippen LogP contribution in [0.15, 0.2) is 48.5 Å². The van der Waals surface area contributed by atoms with E-state index in [1.54, 1.807) is 0 Å². The fourth-order valence-electron chi connectivity index (χ4n) is 2.42. The van der Waals surface area contributed by atoms with Crippen molar-refractivity contribution in [3.05, 3.63) is 65.2 Å². The number of carbonyl (C=O) groups excluding carboxylic acids is 1. The second kappa shape index (κ2) is 6.93. The van der Waals surface area contributed by atoms with Crippen molar-refractivity contribution in [2.24, 2.45) is 0 Å². The molecule has 2 N–H and O–H groups in total. The third kappa shape index (κ3) is 3.85. The van der Waals surface area contributed by atoms with Gasteiger partial charge in [0.05, 0.1) is 5.56 Å². The summed E-state index contributed by atoms with van der Waals surface area (Å²) in [5.41, 5.74) is 4.05. The van der Waals surface area contributed by atoms with Crippen LogP contribution >= 0.6 is 0 Å². The smallest absolute Gasteiger partial charge is 0.253 e. The third-order valence-corrected chi connectivity index (χ3v) is 3.61. The topological polar surface area (TPSA) is 41.1 Å². The standard InChI is InChI=1S/C18H22N2O/c1-13-8-4-5-9-15(13)12-14(2)20-18(21)16-10-6-7-11-17(16)19-3/h4-11,14,19H,12H2,1-3H3,(H,20,21). The van der Waals surface area contributed by atoms with Gasteiger partial charge in [0.2, 0.25) is 0 Å². The van der Waals surface area contributed by atoms with Gasteiger partial charge >= 0.3 is 0 Å². The highest BCUT2D eigenvalue weighted by molar-refractivity contribution is 5.99. The molecule has 0 radical (unpaired) electrons. The number of hydrogen-bond acceptors (Lipinski definition) is 2. The van der Waals surface area contributed by atoms with E-state index in [2.05, 4.69) is 29.7 Å². The Morgan fingerprint density at radius 3 is 2.48 bits per heavy atom. The van der Waals surface area contributed by atoms with Gasteiger partial charge in [0.25, 0.3) is 5.91 Å². The van der Waals surface area contributed by atoms with Gasteiger partial charge in [-0.15, -0.1) is 0 Å². The van der Waals surface area contributed by atoms with Crippen LogP contribution in [0.25, 0.3) is 0 Å². The lowest BCUT2D eigenvalue weighted by molar-refractivity contribution is 0.0941. The van der Waals surface area contributed by atoms with E-state index in [-0.39, 0.29) is 11.9 Å². The van der Waals surface area contributed by atoms with Gasteiger partial charge in [-0.25, -0.2) is 0 Å². The molecule has 2 aromatic carbocycles. The Morgan fingerprint density at radius 2 is 1.76 bits per heavy atom. The van der Waals surface area contributed by atoms with E-state index in [9.17, 15) is 4.79 Å². The van der Waals surface area contributed by atoms with Crippen molar-refractivity contribution < 1.29 is 4.79 Å². The maximum absolute atomic E-state index is 12.4. The molecule has 0 spiro atoms. The Bertz CT molecular complexity index is 622. The molecule has 2 aromatic rings. The number of carbonyl (C=O) groups is 1. The van der Waals surface area contributed by atoms with E-state index in [0.717, 1.165) is 12.1 Å². The molecule has 0 aliphatic carbocycles. The van der Waals surface area contributed by atoms with Gasteiger partial charge in [-0.3, -0.25) is 4.79 Å². The summed E-state index contributed by atoms with van der Waals surface area (Å²) in [6, 6.07) is 15.9. The van der Waals surface area contributed by atoms with Crippen LogP contribution < -0.4 is 10.6 Å². The van der Waals surface area contributed by atoms with E-state index in [4.69, 9.17) is 0 Å². The Morgan fingerprint density at radius 1 is 1.10 bits per heavy atom. The maximum Gasteiger partial charge on any atom is 0.253 e. The Labute approximate surface area is 126 Å². The summed E-state index contributed by atoms with van der Waals surface area (Å²) in [5, 5.41) is 6.12. The van der Waals surface area contributed by atoms with Crippen LogP contribution in [0.3, 0.4) is 0 Å². The number of amides is 1. The van der Waals surface area contributed by atoms with Crippen LogP contribution in [0.2, 0.25) is 0 Å².